The van der Waals surface area contributed by atoms with Crippen molar-refractivity contribution in [3.05, 3.63) is 28.8 Å². The Balaban J connectivity index is 2.01. The van der Waals surface area contributed by atoms with Crippen molar-refractivity contribution in [1.82, 2.24) is 4.90 Å². The molecule has 0 amide bonds. The molecule has 1 aliphatic rings. The summed E-state index contributed by atoms with van der Waals surface area (Å²) in [5, 5.41) is 0.720. The van der Waals surface area contributed by atoms with Crippen LogP contribution in [0, 0.1) is 0 Å². The zero-order valence-electron chi connectivity index (χ0n) is 9.58. The molecule has 88 valence electrons. The molecule has 1 aliphatic heterocycles. The van der Waals surface area contributed by atoms with Crippen molar-refractivity contribution in [2.45, 2.75) is 32.2 Å². The Morgan fingerprint density at radius 2 is 1.81 bits per heavy atom. The van der Waals surface area contributed by atoms with E-state index in [0.717, 1.165) is 17.3 Å². The Hall–Kier alpha value is -0.730. The Morgan fingerprint density at radius 3 is 2.44 bits per heavy atom. The molecule has 2 nitrogen and oxygen atoms in total. The fraction of sp³-hybridized carbons (Fsp3) is 0.538. The second kappa shape index (κ2) is 5.55. The van der Waals surface area contributed by atoms with Crippen LogP contribution in [0.25, 0.3) is 0 Å². The molecule has 2 rings (SSSR count). The van der Waals surface area contributed by atoms with Crippen LogP contribution in [0.3, 0.4) is 0 Å². The minimum absolute atomic E-state index is 0.720. The second-order valence-electron chi connectivity index (χ2n) is 4.53. The molecule has 0 aromatic heterocycles. The number of likely N-dealkylation sites (tertiary alicyclic amines) is 1. The minimum atomic E-state index is 0.720. The molecule has 0 saturated carbocycles. The highest BCUT2D eigenvalue weighted by atomic mass is 35.5. The molecule has 1 heterocycles. The third-order valence-corrected chi connectivity index (χ3v) is 3.44. The third-order valence-electron chi connectivity index (χ3n) is 3.20. The third kappa shape index (κ3) is 3.13. The van der Waals surface area contributed by atoms with E-state index < -0.39 is 0 Å². The summed E-state index contributed by atoms with van der Waals surface area (Å²) in [6, 6.07) is 5.81. The average Bonchev–Trinajstić information content (AvgIpc) is 2.51. The van der Waals surface area contributed by atoms with Gasteiger partial charge in [0.25, 0.3) is 0 Å². The highest BCUT2D eigenvalue weighted by Crippen LogP contribution is 2.21. The second-order valence-corrected chi connectivity index (χ2v) is 4.97. The van der Waals surface area contributed by atoms with E-state index in [4.69, 9.17) is 17.3 Å². The summed E-state index contributed by atoms with van der Waals surface area (Å²) < 4.78 is 0. The summed E-state index contributed by atoms with van der Waals surface area (Å²) in [6.07, 6.45) is 5.36. The Kier molecular flexibility index (Phi) is 4.08. The van der Waals surface area contributed by atoms with Crippen molar-refractivity contribution in [3.63, 3.8) is 0 Å². The van der Waals surface area contributed by atoms with Crippen molar-refractivity contribution in [2.24, 2.45) is 0 Å². The largest absolute Gasteiger partial charge is 0.398 e. The predicted octanol–water partition coefficient (Wildman–Crippen LogP) is 3.30. The van der Waals surface area contributed by atoms with Crippen LogP contribution in [0.5, 0.6) is 0 Å². The van der Waals surface area contributed by atoms with Crippen LogP contribution in [-0.4, -0.2) is 18.0 Å². The summed E-state index contributed by atoms with van der Waals surface area (Å²) in [7, 11) is 0. The average molecular weight is 239 g/mol. The molecule has 1 aromatic rings. The van der Waals surface area contributed by atoms with Crippen molar-refractivity contribution in [1.29, 1.82) is 0 Å². The molecule has 16 heavy (non-hydrogen) atoms. The van der Waals surface area contributed by atoms with Gasteiger partial charge in [-0.05, 0) is 43.6 Å². The normalized spacial score (nSPS) is 18.3. The fourth-order valence-electron chi connectivity index (χ4n) is 2.24. The molecular formula is C13H19ClN2. The monoisotopic (exact) mass is 238 g/mol. The zero-order chi connectivity index (χ0) is 11.4. The highest BCUT2D eigenvalue weighted by molar-refractivity contribution is 6.30. The van der Waals surface area contributed by atoms with Crippen molar-refractivity contribution in [2.75, 3.05) is 18.8 Å². The van der Waals surface area contributed by atoms with Crippen LogP contribution >= 0.6 is 11.6 Å². The Bertz CT molecular complexity index is 344. The van der Waals surface area contributed by atoms with Crippen molar-refractivity contribution in [3.8, 4) is 0 Å². The summed E-state index contributed by atoms with van der Waals surface area (Å²) in [6.45, 7) is 3.35. The number of halogens is 1. The number of rotatable bonds is 2. The minimum Gasteiger partial charge on any atom is -0.398 e. The summed E-state index contributed by atoms with van der Waals surface area (Å²) in [4.78, 5) is 2.49. The number of nitrogen functional groups attached to an aromatic ring is 1. The first kappa shape index (κ1) is 11.7. The van der Waals surface area contributed by atoms with Gasteiger partial charge in [-0.25, -0.2) is 0 Å². The lowest BCUT2D eigenvalue weighted by atomic mass is 10.1. The van der Waals surface area contributed by atoms with Crippen LogP contribution < -0.4 is 5.73 Å². The highest BCUT2D eigenvalue weighted by Gasteiger charge is 2.10. The molecule has 0 bridgehead atoms. The van der Waals surface area contributed by atoms with Gasteiger partial charge in [0.2, 0.25) is 0 Å². The summed E-state index contributed by atoms with van der Waals surface area (Å²) in [5.74, 6) is 0. The van der Waals surface area contributed by atoms with E-state index in [1.807, 2.05) is 18.2 Å². The lowest BCUT2D eigenvalue weighted by Gasteiger charge is -2.20. The van der Waals surface area contributed by atoms with E-state index in [2.05, 4.69) is 4.90 Å². The number of nitrogens with zero attached hydrogens (tertiary/aromatic N) is 1. The van der Waals surface area contributed by atoms with E-state index >= 15 is 0 Å². The molecule has 0 spiro atoms. The van der Waals surface area contributed by atoms with E-state index in [0.29, 0.717) is 0 Å². The number of benzene rings is 1. The van der Waals surface area contributed by atoms with Gasteiger partial charge in [-0.15, -0.1) is 0 Å². The summed E-state index contributed by atoms with van der Waals surface area (Å²) in [5.41, 5.74) is 7.98. The van der Waals surface area contributed by atoms with Crippen molar-refractivity contribution < 1.29 is 0 Å². The van der Waals surface area contributed by atoms with Gasteiger partial charge in [0, 0.05) is 17.3 Å². The van der Waals surface area contributed by atoms with Crippen LogP contribution in [-0.2, 0) is 6.54 Å². The predicted molar refractivity (Wildman–Crippen MR) is 69.6 cm³/mol. The maximum absolute atomic E-state index is 5.97. The van der Waals surface area contributed by atoms with E-state index in [1.54, 1.807) is 0 Å². The Morgan fingerprint density at radius 1 is 1.12 bits per heavy atom. The lowest BCUT2D eigenvalue weighted by molar-refractivity contribution is 0.277. The molecule has 1 aromatic carbocycles. The maximum Gasteiger partial charge on any atom is 0.0426 e. The first-order valence-electron chi connectivity index (χ1n) is 6.02. The van der Waals surface area contributed by atoms with Gasteiger partial charge in [0.1, 0.15) is 0 Å². The molecule has 2 N–H and O–H groups in total. The van der Waals surface area contributed by atoms with Gasteiger partial charge < -0.3 is 5.73 Å². The topological polar surface area (TPSA) is 29.3 Å². The number of hydrogen-bond acceptors (Lipinski definition) is 2. The van der Waals surface area contributed by atoms with E-state index in [-0.39, 0.29) is 0 Å². The lowest BCUT2D eigenvalue weighted by Crippen LogP contribution is -2.24. The van der Waals surface area contributed by atoms with Crippen molar-refractivity contribution >= 4 is 17.3 Å². The number of hydrogen-bond donors (Lipinski definition) is 1. The molecule has 0 atom stereocenters. The fourth-order valence-corrected chi connectivity index (χ4v) is 2.43. The molecular weight excluding hydrogens is 220 g/mol. The number of nitrogens with two attached hydrogens (primary N) is 1. The van der Waals surface area contributed by atoms with Crippen LogP contribution in [0.2, 0.25) is 5.02 Å². The Labute approximate surface area is 102 Å². The smallest absolute Gasteiger partial charge is 0.0426 e. The van der Waals surface area contributed by atoms with Crippen LogP contribution in [0.1, 0.15) is 31.2 Å². The van der Waals surface area contributed by atoms with Gasteiger partial charge in [-0.3, -0.25) is 4.90 Å². The van der Waals surface area contributed by atoms with Gasteiger partial charge in [-0.2, -0.15) is 0 Å². The molecule has 0 aliphatic carbocycles. The quantitative estimate of drug-likeness (QED) is 0.802. The zero-order valence-corrected chi connectivity index (χ0v) is 10.3. The SMILES string of the molecule is Nc1cc(Cl)ccc1CN1CCCCCC1. The van der Waals surface area contributed by atoms with Gasteiger partial charge in [-0.1, -0.05) is 30.5 Å². The summed E-state index contributed by atoms with van der Waals surface area (Å²) >= 11 is 5.89. The first-order valence-corrected chi connectivity index (χ1v) is 6.40. The van der Waals surface area contributed by atoms with Crippen LogP contribution in [0.4, 0.5) is 5.69 Å². The molecule has 1 fully saturated rings. The standard InChI is InChI=1S/C13H19ClN2/c14-12-6-5-11(13(15)9-12)10-16-7-3-1-2-4-8-16/h5-6,9H,1-4,7-8,10,15H2. The number of anilines is 1. The van der Waals surface area contributed by atoms with Gasteiger partial charge in [0.15, 0.2) is 0 Å². The van der Waals surface area contributed by atoms with Gasteiger partial charge in [0.05, 0.1) is 0 Å². The molecule has 1 saturated heterocycles. The van der Waals surface area contributed by atoms with Gasteiger partial charge >= 0.3 is 0 Å². The maximum atomic E-state index is 5.97. The molecule has 3 heteroatoms. The molecule has 0 radical (unpaired) electrons. The molecule has 0 unspecified atom stereocenters. The van der Waals surface area contributed by atoms with E-state index in [1.165, 1.54) is 44.3 Å². The van der Waals surface area contributed by atoms with E-state index in [9.17, 15) is 0 Å². The first-order chi connectivity index (χ1) is 7.75. The van der Waals surface area contributed by atoms with Crippen LogP contribution in [0.15, 0.2) is 18.2 Å².